The quantitative estimate of drug-likeness (QED) is 0.904. The number of likely N-dealkylation sites (N-methyl/N-ethyl adjacent to an activating group) is 1. The van der Waals surface area contributed by atoms with Crippen molar-refractivity contribution in [3.05, 3.63) is 28.2 Å². The van der Waals surface area contributed by atoms with E-state index in [4.69, 9.17) is 9.84 Å². The van der Waals surface area contributed by atoms with Crippen LogP contribution in [0.1, 0.15) is 18.4 Å². The summed E-state index contributed by atoms with van der Waals surface area (Å²) < 4.78 is 6.27. The fourth-order valence-corrected chi connectivity index (χ4v) is 2.05. The second-order valence-electron chi connectivity index (χ2n) is 4.44. The number of benzene rings is 1. The minimum atomic E-state index is -0.0618. The fraction of sp³-hybridized carbons (Fsp3) is 0.462. The summed E-state index contributed by atoms with van der Waals surface area (Å²) in [6, 6.07) is 5.71. The number of aliphatic hydroxyl groups excluding tert-OH is 1. The summed E-state index contributed by atoms with van der Waals surface area (Å²) in [5, 5.41) is 9.13. The number of halogens is 1. The molecule has 0 heterocycles. The highest BCUT2D eigenvalue weighted by Gasteiger charge is 2.29. The zero-order chi connectivity index (χ0) is 13.1. The molecule has 1 saturated carbocycles. The summed E-state index contributed by atoms with van der Waals surface area (Å²) in [6.45, 7) is -0.0206. The molecule has 1 aromatic rings. The van der Waals surface area contributed by atoms with E-state index in [0.717, 1.165) is 22.9 Å². The molecule has 4 nitrogen and oxygen atoms in total. The third-order valence-corrected chi connectivity index (χ3v) is 3.81. The van der Waals surface area contributed by atoms with Crippen LogP contribution in [0.3, 0.4) is 0 Å². The van der Waals surface area contributed by atoms with Gasteiger partial charge < -0.3 is 14.7 Å². The number of carbonyl (C=O) groups is 1. The molecule has 5 heteroatoms. The average molecular weight is 314 g/mol. The van der Waals surface area contributed by atoms with Gasteiger partial charge in [-0.05, 0) is 36.6 Å². The second-order valence-corrected chi connectivity index (χ2v) is 5.29. The molecule has 0 aliphatic heterocycles. The number of carbonyl (C=O) groups excluding carboxylic acids is 1. The molecule has 18 heavy (non-hydrogen) atoms. The van der Waals surface area contributed by atoms with Crippen LogP contribution in [-0.2, 0) is 11.4 Å². The third-order valence-electron chi connectivity index (χ3n) is 3.04. The lowest BCUT2D eigenvalue weighted by Gasteiger charge is -2.16. The molecule has 0 atom stereocenters. The molecule has 0 unspecified atom stereocenters. The van der Waals surface area contributed by atoms with Crippen LogP contribution in [-0.4, -0.2) is 35.6 Å². The Labute approximate surface area is 115 Å². The fourth-order valence-electron chi connectivity index (χ4n) is 1.67. The number of rotatable bonds is 5. The Morgan fingerprint density at radius 3 is 2.89 bits per heavy atom. The Morgan fingerprint density at radius 1 is 1.56 bits per heavy atom. The second kappa shape index (κ2) is 5.71. The molecule has 0 radical (unpaired) electrons. The van der Waals surface area contributed by atoms with E-state index in [-0.39, 0.29) is 19.1 Å². The van der Waals surface area contributed by atoms with Gasteiger partial charge in [-0.15, -0.1) is 0 Å². The highest BCUT2D eigenvalue weighted by molar-refractivity contribution is 9.10. The minimum Gasteiger partial charge on any atom is -0.484 e. The molecule has 1 N–H and O–H groups in total. The summed E-state index contributed by atoms with van der Waals surface area (Å²) >= 11 is 3.33. The average Bonchev–Trinajstić information content (AvgIpc) is 3.20. The SMILES string of the molecule is CN(C(=O)COc1ccc(Br)c(CO)c1)C1CC1. The number of amides is 1. The lowest BCUT2D eigenvalue weighted by Crippen LogP contribution is -2.33. The standard InChI is InChI=1S/C13H16BrNO3/c1-15(10-2-3-10)13(17)8-18-11-4-5-12(14)9(6-11)7-16/h4-6,10,16H,2-3,7-8H2,1H3. The van der Waals surface area contributed by atoms with E-state index in [9.17, 15) is 4.79 Å². The Kier molecular flexibility index (Phi) is 4.24. The first-order valence-corrected chi connectivity index (χ1v) is 6.69. The summed E-state index contributed by atoms with van der Waals surface area (Å²) in [4.78, 5) is 13.5. The Morgan fingerprint density at radius 2 is 2.28 bits per heavy atom. The van der Waals surface area contributed by atoms with Gasteiger partial charge in [0.05, 0.1) is 6.61 Å². The lowest BCUT2D eigenvalue weighted by molar-refractivity contribution is -0.132. The summed E-state index contributed by atoms with van der Waals surface area (Å²) in [7, 11) is 1.81. The molecule has 0 aromatic heterocycles. The van der Waals surface area contributed by atoms with Crippen molar-refractivity contribution >= 4 is 21.8 Å². The van der Waals surface area contributed by atoms with E-state index < -0.39 is 0 Å². The molecule has 1 aliphatic carbocycles. The first-order chi connectivity index (χ1) is 8.61. The maximum absolute atomic E-state index is 11.8. The van der Waals surface area contributed by atoms with Crippen LogP contribution in [0.4, 0.5) is 0 Å². The highest BCUT2D eigenvalue weighted by atomic mass is 79.9. The molecule has 98 valence electrons. The lowest BCUT2D eigenvalue weighted by atomic mass is 10.2. The molecule has 1 aromatic carbocycles. The molecule has 1 aliphatic rings. The van der Waals surface area contributed by atoms with Crippen LogP contribution in [0.2, 0.25) is 0 Å². The van der Waals surface area contributed by atoms with E-state index in [2.05, 4.69) is 15.9 Å². The molecule has 0 spiro atoms. The van der Waals surface area contributed by atoms with Gasteiger partial charge in [0.1, 0.15) is 5.75 Å². The van der Waals surface area contributed by atoms with Crippen molar-refractivity contribution in [2.45, 2.75) is 25.5 Å². The van der Waals surface area contributed by atoms with Crippen molar-refractivity contribution in [1.82, 2.24) is 4.90 Å². The van der Waals surface area contributed by atoms with Crippen molar-refractivity contribution in [1.29, 1.82) is 0 Å². The molecule has 1 fully saturated rings. The number of aliphatic hydroxyl groups is 1. The zero-order valence-corrected chi connectivity index (χ0v) is 11.8. The molecule has 2 rings (SSSR count). The molecule has 1 amide bonds. The molecule has 0 bridgehead atoms. The van der Waals surface area contributed by atoms with Crippen LogP contribution in [0.5, 0.6) is 5.75 Å². The van der Waals surface area contributed by atoms with Crippen molar-refractivity contribution in [2.75, 3.05) is 13.7 Å². The van der Waals surface area contributed by atoms with Crippen LogP contribution >= 0.6 is 15.9 Å². The van der Waals surface area contributed by atoms with E-state index >= 15 is 0 Å². The summed E-state index contributed by atoms with van der Waals surface area (Å²) in [5.41, 5.74) is 0.746. The first kappa shape index (κ1) is 13.4. The number of hydrogen-bond donors (Lipinski definition) is 1. The Bertz CT molecular complexity index is 446. The van der Waals surface area contributed by atoms with Gasteiger partial charge in [-0.1, -0.05) is 15.9 Å². The normalized spacial score (nSPS) is 14.4. The Balaban J connectivity index is 1.91. The van der Waals surface area contributed by atoms with E-state index in [1.807, 2.05) is 7.05 Å². The van der Waals surface area contributed by atoms with Crippen LogP contribution < -0.4 is 4.74 Å². The zero-order valence-electron chi connectivity index (χ0n) is 10.2. The first-order valence-electron chi connectivity index (χ1n) is 5.89. The van der Waals surface area contributed by atoms with Crippen molar-refractivity contribution in [2.24, 2.45) is 0 Å². The van der Waals surface area contributed by atoms with Gasteiger partial charge in [-0.25, -0.2) is 0 Å². The van der Waals surface area contributed by atoms with Gasteiger partial charge in [0.2, 0.25) is 0 Å². The number of ether oxygens (including phenoxy) is 1. The predicted octanol–water partition coefficient (Wildman–Crippen LogP) is 1.94. The van der Waals surface area contributed by atoms with E-state index in [1.54, 1.807) is 23.1 Å². The Hall–Kier alpha value is -1.07. The van der Waals surface area contributed by atoms with Gasteiger partial charge in [-0.2, -0.15) is 0 Å². The maximum atomic E-state index is 11.8. The van der Waals surface area contributed by atoms with Crippen LogP contribution in [0.25, 0.3) is 0 Å². The highest BCUT2D eigenvalue weighted by Crippen LogP contribution is 2.26. The monoisotopic (exact) mass is 313 g/mol. The van der Waals surface area contributed by atoms with E-state index in [0.29, 0.717) is 11.8 Å². The van der Waals surface area contributed by atoms with Crippen molar-refractivity contribution in [3.63, 3.8) is 0 Å². The smallest absolute Gasteiger partial charge is 0.260 e. The van der Waals surface area contributed by atoms with Gasteiger partial charge in [0.15, 0.2) is 6.61 Å². The van der Waals surface area contributed by atoms with Crippen LogP contribution in [0.15, 0.2) is 22.7 Å². The molecular weight excluding hydrogens is 298 g/mol. The molecule has 0 saturated heterocycles. The number of hydrogen-bond acceptors (Lipinski definition) is 3. The molecular formula is C13H16BrNO3. The van der Waals surface area contributed by atoms with Crippen LogP contribution in [0, 0.1) is 0 Å². The topological polar surface area (TPSA) is 49.8 Å². The summed E-state index contributed by atoms with van der Waals surface area (Å²) in [6.07, 6.45) is 2.18. The van der Waals surface area contributed by atoms with Gasteiger partial charge >= 0.3 is 0 Å². The largest absolute Gasteiger partial charge is 0.484 e. The van der Waals surface area contributed by atoms with Crippen molar-refractivity contribution < 1.29 is 14.6 Å². The summed E-state index contributed by atoms with van der Waals surface area (Å²) in [5.74, 6) is 0.589. The van der Waals surface area contributed by atoms with Crippen molar-refractivity contribution in [3.8, 4) is 5.75 Å². The number of nitrogens with zero attached hydrogens (tertiary/aromatic N) is 1. The van der Waals surface area contributed by atoms with Gasteiger partial charge in [-0.3, -0.25) is 4.79 Å². The minimum absolute atomic E-state index is 0.00836. The van der Waals surface area contributed by atoms with E-state index in [1.165, 1.54) is 0 Å². The van der Waals surface area contributed by atoms with Gasteiger partial charge in [0.25, 0.3) is 5.91 Å². The predicted molar refractivity (Wildman–Crippen MR) is 71.4 cm³/mol. The third kappa shape index (κ3) is 3.23. The van der Waals surface area contributed by atoms with Gasteiger partial charge in [0, 0.05) is 17.6 Å². The maximum Gasteiger partial charge on any atom is 0.260 e.